The van der Waals surface area contributed by atoms with Crippen LogP contribution in [0.25, 0.3) is 60.6 Å². The highest BCUT2D eigenvalue weighted by atomic mass is 14.9. The normalized spacial score (nSPS) is 17.0. The molecule has 7 aromatic rings. The summed E-state index contributed by atoms with van der Waals surface area (Å²) >= 11 is 0. The van der Waals surface area contributed by atoms with E-state index in [2.05, 4.69) is 146 Å². The van der Waals surface area contributed by atoms with E-state index in [0.29, 0.717) is 0 Å². The van der Waals surface area contributed by atoms with E-state index >= 15 is 0 Å². The van der Waals surface area contributed by atoms with Gasteiger partial charge in [0, 0.05) is 12.1 Å². The van der Waals surface area contributed by atoms with Crippen molar-refractivity contribution in [1.82, 2.24) is 4.98 Å². The van der Waals surface area contributed by atoms with Crippen LogP contribution in [0.5, 0.6) is 0 Å². The van der Waals surface area contributed by atoms with Gasteiger partial charge in [-0.25, -0.2) is 0 Å². The Kier molecular flexibility index (Phi) is 5.67. The number of fused-ring (bicyclic) bond motifs is 6. The van der Waals surface area contributed by atoms with Gasteiger partial charge in [-0.05, 0) is 83.9 Å². The van der Waals surface area contributed by atoms with Crippen molar-refractivity contribution in [2.75, 3.05) is 0 Å². The Morgan fingerprint density at radius 3 is 1.80 bits per heavy atom. The maximum Gasteiger partial charge on any atom is 0.103 e. The molecule has 1 aromatic heterocycles. The largest absolute Gasteiger partial charge is 0.274 e. The molecule has 206 valence electrons. The first-order valence-corrected chi connectivity index (χ1v) is 15.2. The minimum absolute atomic E-state index is 0.0198. The van der Waals surface area contributed by atoms with Crippen molar-refractivity contribution in [2.45, 2.75) is 6.04 Å². The highest BCUT2D eigenvalue weighted by molar-refractivity contribution is 6.22. The minimum Gasteiger partial charge on any atom is -0.274 e. The van der Waals surface area contributed by atoms with Crippen LogP contribution in [-0.2, 0) is 0 Å². The Bertz CT molecular complexity index is 2280. The second-order valence-electron chi connectivity index (χ2n) is 11.7. The van der Waals surface area contributed by atoms with Gasteiger partial charge >= 0.3 is 0 Å². The summed E-state index contributed by atoms with van der Waals surface area (Å²) in [7, 11) is 0. The highest BCUT2D eigenvalue weighted by Gasteiger charge is 2.28. The van der Waals surface area contributed by atoms with Crippen molar-refractivity contribution in [2.24, 2.45) is 10.9 Å². The van der Waals surface area contributed by atoms with Crippen LogP contribution < -0.4 is 0 Å². The zero-order valence-electron chi connectivity index (χ0n) is 24.1. The molecule has 2 heterocycles. The zero-order chi connectivity index (χ0) is 29.0. The number of hydrogen-bond donors (Lipinski definition) is 0. The molecule has 0 N–H and O–H groups in total. The first kappa shape index (κ1) is 24.9. The second-order valence-corrected chi connectivity index (χ2v) is 11.7. The molecule has 2 nitrogen and oxygen atoms in total. The molecular weight excluding hydrogens is 532 g/mol. The summed E-state index contributed by atoms with van der Waals surface area (Å²) < 4.78 is 0. The number of allylic oxidation sites excluding steroid dienone is 1. The molecular formula is C42H28N2. The van der Waals surface area contributed by atoms with E-state index in [1.165, 1.54) is 54.6 Å². The Morgan fingerprint density at radius 1 is 0.477 bits per heavy atom. The summed E-state index contributed by atoms with van der Waals surface area (Å²) in [6.07, 6.45) is 10.7. The molecule has 2 heteroatoms. The lowest BCUT2D eigenvalue weighted by Crippen LogP contribution is -2.19. The summed E-state index contributed by atoms with van der Waals surface area (Å²) in [4.78, 5) is 9.90. The van der Waals surface area contributed by atoms with Crippen molar-refractivity contribution < 1.29 is 0 Å². The molecule has 2 unspecified atom stereocenters. The molecule has 2 aliphatic rings. The fraction of sp³-hybridized carbons (Fsp3) is 0.0476. The Labute approximate surface area is 256 Å². The second kappa shape index (κ2) is 10.00. The number of aliphatic imine (C=N–C) groups is 1. The molecule has 0 saturated heterocycles. The van der Waals surface area contributed by atoms with Crippen molar-refractivity contribution >= 4 is 44.1 Å². The average molecular weight is 561 g/mol. The number of pyridine rings is 1. The van der Waals surface area contributed by atoms with Crippen LogP contribution in [-0.4, -0.2) is 10.7 Å². The molecule has 1 aliphatic carbocycles. The maximum atomic E-state index is 5.20. The van der Waals surface area contributed by atoms with Crippen molar-refractivity contribution in [3.05, 3.63) is 169 Å². The van der Waals surface area contributed by atoms with Gasteiger partial charge in [0.15, 0.2) is 0 Å². The number of dihydropyridines is 1. The smallest absolute Gasteiger partial charge is 0.103 e. The quantitative estimate of drug-likeness (QED) is 0.197. The van der Waals surface area contributed by atoms with Crippen molar-refractivity contribution in [3.63, 3.8) is 0 Å². The van der Waals surface area contributed by atoms with Gasteiger partial charge in [0.25, 0.3) is 0 Å². The molecule has 0 fully saturated rings. The Balaban J connectivity index is 1.18. The molecule has 0 amide bonds. The third-order valence-corrected chi connectivity index (χ3v) is 9.21. The topological polar surface area (TPSA) is 25.2 Å². The van der Waals surface area contributed by atoms with Gasteiger partial charge in [0.2, 0.25) is 0 Å². The van der Waals surface area contributed by atoms with E-state index in [-0.39, 0.29) is 12.0 Å². The minimum atomic E-state index is 0.0198. The number of hydrogen-bond acceptors (Lipinski definition) is 2. The van der Waals surface area contributed by atoms with Crippen LogP contribution in [0.15, 0.2) is 157 Å². The molecule has 1 aliphatic heterocycles. The van der Waals surface area contributed by atoms with E-state index in [9.17, 15) is 0 Å². The van der Waals surface area contributed by atoms with Gasteiger partial charge in [0.05, 0.1) is 11.4 Å². The molecule has 2 atom stereocenters. The molecule has 44 heavy (non-hydrogen) atoms. The predicted octanol–water partition coefficient (Wildman–Crippen LogP) is 10.6. The van der Waals surface area contributed by atoms with Crippen molar-refractivity contribution in [1.29, 1.82) is 0 Å². The average Bonchev–Trinajstić information content (AvgIpc) is 3.10. The molecule has 6 aromatic carbocycles. The number of aromatic nitrogens is 1. The van der Waals surface area contributed by atoms with Gasteiger partial charge < -0.3 is 0 Å². The first-order chi connectivity index (χ1) is 21.8. The number of benzene rings is 6. The van der Waals surface area contributed by atoms with Gasteiger partial charge in [-0.15, -0.1) is 0 Å². The summed E-state index contributed by atoms with van der Waals surface area (Å²) in [5.74, 6) is 0.249. The van der Waals surface area contributed by atoms with Crippen LogP contribution >= 0.6 is 0 Å². The van der Waals surface area contributed by atoms with E-state index in [1.807, 2.05) is 12.3 Å². The van der Waals surface area contributed by atoms with Crippen molar-refractivity contribution in [3.8, 4) is 22.3 Å². The SMILES string of the molecule is C1=CC2C=Cc3cccnc3C2N=C1c1ccc(-c2c3ccccc3c(-c3ccc4ccccc4c3)c3ccccc23)cc1. The fourth-order valence-electron chi connectivity index (χ4n) is 7.11. The van der Waals surface area contributed by atoms with Crippen LogP contribution in [0.4, 0.5) is 0 Å². The van der Waals surface area contributed by atoms with Gasteiger partial charge in [0.1, 0.15) is 6.04 Å². The lowest BCUT2D eigenvalue weighted by atomic mass is 9.84. The molecule has 0 radical (unpaired) electrons. The summed E-state index contributed by atoms with van der Waals surface area (Å²) in [6, 6.07) is 46.2. The fourth-order valence-corrected chi connectivity index (χ4v) is 7.11. The third kappa shape index (κ3) is 3.95. The predicted molar refractivity (Wildman–Crippen MR) is 185 cm³/mol. The van der Waals surface area contributed by atoms with E-state index in [1.54, 1.807) is 0 Å². The molecule has 0 spiro atoms. The van der Waals surface area contributed by atoms with Gasteiger partial charge in [-0.1, -0.05) is 133 Å². The van der Waals surface area contributed by atoms with E-state index in [4.69, 9.17) is 9.98 Å². The standard InChI is InChI=1S/C42H28N2/c1-2-9-32-26-33(22-15-27(32)8-1)40-36-13-5-3-11-34(36)39(35-12-4-6-14-37(35)40)29-18-16-28(17-19-29)38-24-23-31-21-20-30-10-7-25-43-41(30)42(31)44-38/h1-26,31,42H. The van der Waals surface area contributed by atoms with Crippen LogP contribution in [0, 0.1) is 5.92 Å². The summed E-state index contributed by atoms with van der Waals surface area (Å²) in [5, 5.41) is 7.57. The van der Waals surface area contributed by atoms with Gasteiger partial charge in [-0.2, -0.15) is 0 Å². The number of rotatable bonds is 3. The van der Waals surface area contributed by atoms with Crippen LogP contribution in [0.2, 0.25) is 0 Å². The van der Waals surface area contributed by atoms with E-state index < -0.39 is 0 Å². The summed E-state index contributed by atoms with van der Waals surface area (Å²) in [5.41, 5.74) is 9.35. The lowest BCUT2D eigenvalue weighted by Gasteiger charge is -2.27. The van der Waals surface area contributed by atoms with Crippen LogP contribution in [0.1, 0.15) is 22.9 Å². The number of nitrogens with zero attached hydrogens (tertiary/aromatic N) is 2. The summed E-state index contributed by atoms with van der Waals surface area (Å²) in [6.45, 7) is 0. The van der Waals surface area contributed by atoms with Gasteiger partial charge in [-0.3, -0.25) is 9.98 Å². The molecule has 9 rings (SSSR count). The third-order valence-electron chi connectivity index (χ3n) is 9.21. The highest BCUT2D eigenvalue weighted by Crippen LogP contribution is 2.44. The monoisotopic (exact) mass is 560 g/mol. The van der Waals surface area contributed by atoms with E-state index in [0.717, 1.165) is 22.5 Å². The Hall–Kier alpha value is -5.60. The molecule has 0 bridgehead atoms. The lowest BCUT2D eigenvalue weighted by molar-refractivity contribution is 0.591. The Morgan fingerprint density at radius 2 is 1.07 bits per heavy atom. The van der Waals surface area contributed by atoms with Crippen LogP contribution in [0.3, 0.4) is 0 Å². The maximum absolute atomic E-state index is 5.20. The molecule has 0 saturated carbocycles. The zero-order valence-corrected chi connectivity index (χ0v) is 24.1. The first-order valence-electron chi connectivity index (χ1n) is 15.2.